The van der Waals surface area contributed by atoms with Crippen molar-refractivity contribution in [2.24, 2.45) is 0 Å². The molecular formula is C13H23N3O. The number of ketones is 1. The second-order valence-corrected chi connectivity index (χ2v) is 4.61. The zero-order chi connectivity index (χ0) is 12.8. The zero-order valence-electron chi connectivity index (χ0n) is 11.3. The molecule has 4 nitrogen and oxygen atoms in total. The first-order valence-electron chi connectivity index (χ1n) is 6.07. The summed E-state index contributed by atoms with van der Waals surface area (Å²) in [5.74, 6) is 0.193. The molecule has 0 bridgehead atoms. The van der Waals surface area contributed by atoms with E-state index in [0.29, 0.717) is 6.54 Å². The van der Waals surface area contributed by atoms with E-state index in [1.54, 1.807) is 0 Å². The molecule has 0 aliphatic rings. The smallest absolute Gasteiger partial charge is 0.178 e. The van der Waals surface area contributed by atoms with Gasteiger partial charge in [0.1, 0.15) is 0 Å². The van der Waals surface area contributed by atoms with E-state index < -0.39 is 0 Å². The topological polar surface area (TPSA) is 48.1 Å². The fourth-order valence-corrected chi connectivity index (χ4v) is 1.95. The summed E-state index contributed by atoms with van der Waals surface area (Å²) in [7, 11) is 3.93. The molecule has 0 atom stereocenters. The minimum absolute atomic E-state index is 0.193. The summed E-state index contributed by atoms with van der Waals surface area (Å²) in [5, 5.41) is 3.10. The van der Waals surface area contributed by atoms with Gasteiger partial charge in [-0.1, -0.05) is 0 Å². The summed E-state index contributed by atoms with van der Waals surface area (Å²) in [6.45, 7) is 6.33. The Hall–Kier alpha value is -1.13. The Balaban J connectivity index is 2.46. The highest BCUT2D eigenvalue weighted by atomic mass is 16.1. The van der Waals surface area contributed by atoms with Gasteiger partial charge >= 0.3 is 0 Å². The van der Waals surface area contributed by atoms with E-state index in [-0.39, 0.29) is 5.78 Å². The third-order valence-corrected chi connectivity index (χ3v) is 2.83. The summed E-state index contributed by atoms with van der Waals surface area (Å²) in [6, 6.07) is 1.93. The Bertz CT molecular complexity index is 371. The van der Waals surface area contributed by atoms with Gasteiger partial charge in [0, 0.05) is 17.0 Å². The molecule has 96 valence electrons. The van der Waals surface area contributed by atoms with Gasteiger partial charge in [-0.3, -0.25) is 9.69 Å². The maximum Gasteiger partial charge on any atom is 0.178 e. The molecule has 0 unspecified atom stereocenters. The molecule has 0 saturated heterocycles. The fraction of sp³-hybridized carbons (Fsp3) is 0.615. The van der Waals surface area contributed by atoms with Crippen LogP contribution in [0.5, 0.6) is 0 Å². The van der Waals surface area contributed by atoms with Gasteiger partial charge in [-0.05, 0) is 53.5 Å². The van der Waals surface area contributed by atoms with Crippen LogP contribution in [0.25, 0.3) is 0 Å². The van der Waals surface area contributed by atoms with Crippen molar-refractivity contribution in [3.8, 4) is 0 Å². The second kappa shape index (κ2) is 6.57. The van der Waals surface area contributed by atoms with Crippen molar-refractivity contribution in [2.75, 3.05) is 33.7 Å². The van der Waals surface area contributed by atoms with Crippen LogP contribution in [0.1, 0.15) is 28.2 Å². The highest BCUT2D eigenvalue weighted by Crippen LogP contribution is 2.10. The first kappa shape index (κ1) is 13.9. The van der Waals surface area contributed by atoms with Crippen LogP contribution < -0.4 is 5.32 Å². The number of nitrogens with zero attached hydrogens (tertiary/aromatic N) is 1. The lowest BCUT2D eigenvalue weighted by Crippen LogP contribution is -2.28. The van der Waals surface area contributed by atoms with Crippen molar-refractivity contribution < 1.29 is 4.79 Å². The van der Waals surface area contributed by atoms with Crippen molar-refractivity contribution in [3.63, 3.8) is 0 Å². The Kier molecular flexibility index (Phi) is 5.38. The van der Waals surface area contributed by atoms with Gasteiger partial charge in [0.25, 0.3) is 0 Å². The molecular weight excluding hydrogens is 214 g/mol. The SMILES string of the molecule is CNCCCN(C)CC(=O)c1cc(C)[nH]c1C. The monoisotopic (exact) mass is 237 g/mol. The summed E-state index contributed by atoms with van der Waals surface area (Å²) in [4.78, 5) is 17.3. The molecule has 0 saturated carbocycles. The number of aromatic nitrogens is 1. The van der Waals surface area contributed by atoms with Gasteiger partial charge < -0.3 is 10.3 Å². The molecule has 1 rings (SSSR count). The number of likely N-dealkylation sites (N-methyl/N-ethyl adjacent to an activating group) is 1. The lowest BCUT2D eigenvalue weighted by Gasteiger charge is -2.15. The Morgan fingerprint density at radius 1 is 1.47 bits per heavy atom. The summed E-state index contributed by atoms with van der Waals surface area (Å²) >= 11 is 0. The quantitative estimate of drug-likeness (QED) is 0.556. The number of aryl methyl sites for hydroxylation is 2. The molecule has 17 heavy (non-hydrogen) atoms. The molecule has 0 radical (unpaired) electrons. The number of carbonyl (C=O) groups excluding carboxylic acids is 1. The molecule has 0 fully saturated rings. The number of H-pyrrole nitrogens is 1. The van der Waals surface area contributed by atoms with Gasteiger partial charge in [-0.25, -0.2) is 0 Å². The van der Waals surface area contributed by atoms with Crippen LogP contribution in [-0.4, -0.2) is 49.4 Å². The third-order valence-electron chi connectivity index (χ3n) is 2.83. The molecule has 0 aliphatic carbocycles. The number of rotatable bonds is 7. The lowest BCUT2D eigenvalue weighted by atomic mass is 10.1. The standard InChI is InChI=1S/C13H23N3O/c1-10-8-12(11(2)15-10)13(17)9-16(4)7-5-6-14-3/h8,14-15H,5-7,9H2,1-4H3. The second-order valence-electron chi connectivity index (χ2n) is 4.61. The van der Waals surface area contributed by atoms with Crippen LogP contribution >= 0.6 is 0 Å². The Morgan fingerprint density at radius 2 is 2.18 bits per heavy atom. The summed E-state index contributed by atoms with van der Waals surface area (Å²) < 4.78 is 0. The average molecular weight is 237 g/mol. The van der Waals surface area contributed by atoms with Crippen molar-refractivity contribution in [2.45, 2.75) is 20.3 Å². The number of hydrogen-bond donors (Lipinski definition) is 2. The van der Waals surface area contributed by atoms with E-state index in [9.17, 15) is 4.79 Å². The lowest BCUT2D eigenvalue weighted by molar-refractivity contribution is 0.0945. The Labute approximate surface area is 103 Å². The van der Waals surface area contributed by atoms with Gasteiger partial charge in [0.15, 0.2) is 5.78 Å². The predicted octanol–water partition coefficient (Wildman–Crippen LogP) is 1.36. The van der Waals surface area contributed by atoms with E-state index in [1.807, 2.05) is 34.0 Å². The largest absolute Gasteiger partial charge is 0.362 e. The Morgan fingerprint density at radius 3 is 2.71 bits per heavy atom. The van der Waals surface area contributed by atoms with Gasteiger partial charge in [0.2, 0.25) is 0 Å². The normalized spacial score (nSPS) is 11.1. The van der Waals surface area contributed by atoms with E-state index in [4.69, 9.17) is 0 Å². The summed E-state index contributed by atoms with van der Waals surface area (Å²) in [6.07, 6.45) is 1.06. The number of carbonyl (C=O) groups is 1. The van der Waals surface area contributed by atoms with Crippen LogP contribution in [-0.2, 0) is 0 Å². The van der Waals surface area contributed by atoms with Crippen LogP contribution in [0.2, 0.25) is 0 Å². The van der Waals surface area contributed by atoms with Crippen molar-refractivity contribution >= 4 is 5.78 Å². The third kappa shape index (κ3) is 4.32. The van der Waals surface area contributed by atoms with Crippen LogP contribution in [0.4, 0.5) is 0 Å². The number of hydrogen-bond acceptors (Lipinski definition) is 3. The molecule has 0 amide bonds. The van der Waals surface area contributed by atoms with E-state index in [1.165, 1.54) is 0 Å². The highest BCUT2D eigenvalue weighted by Gasteiger charge is 2.13. The predicted molar refractivity (Wildman–Crippen MR) is 70.6 cm³/mol. The maximum atomic E-state index is 12.0. The number of nitrogens with one attached hydrogen (secondary N) is 2. The van der Waals surface area contributed by atoms with Crippen LogP contribution in [0.3, 0.4) is 0 Å². The molecule has 1 heterocycles. The van der Waals surface area contributed by atoms with E-state index in [0.717, 1.165) is 36.5 Å². The van der Waals surface area contributed by atoms with Gasteiger partial charge in [-0.15, -0.1) is 0 Å². The van der Waals surface area contributed by atoms with Crippen LogP contribution in [0, 0.1) is 13.8 Å². The average Bonchev–Trinajstić information content (AvgIpc) is 2.58. The number of aromatic amines is 1. The van der Waals surface area contributed by atoms with E-state index >= 15 is 0 Å². The molecule has 0 spiro atoms. The van der Waals surface area contributed by atoms with Gasteiger partial charge in [-0.2, -0.15) is 0 Å². The maximum absolute atomic E-state index is 12.0. The zero-order valence-corrected chi connectivity index (χ0v) is 11.3. The summed E-state index contributed by atoms with van der Waals surface area (Å²) in [5.41, 5.74) is 2.84. The van der Waals surface area contributed by atoms with Crippen molar-refractivity contribution in [3.05, 3.63) is 23.0 Å². The molecule has 4 heteroatoms. The molecule has 2 N–H and O–H groups in total. The minimum atomic E-state index is 0.193. The van der Waals surface area contributed by atoms with Crippen LogP contribution in [0.15, 0.2) is 6.07 Å². The highest BCUT2D eigenvalue weighted by molar-refractivity contribution is 5.98. The minimum Gasteiger partial charge on any atom is -0.362 e. The molecule has 0 aliphatic heterocycles. The first-order valence-corrected chi connectivity index (χ1v) is 6.07. The molecule has 1 aromatic rings. The van der Waals surface area contributed by atoms with Crippen molar-refractivity contribution in [1.29, 1.82) is 0 Å². The fourth-order valence-electron chi connectivity index (χ4n) is 1.95. The number of Topliss-reactive ketones (excluding diaryl/α,β-unsaturated/α-hetero) is 1. The molecule has 1 aromatic heterocycles. The first-order chi connectivity index (χ1) is 8.04. The van der Waals surface area contributed by atoms with Crippen molar-refractivity contribution in [1.82, 2.24) is 15.2 Å². The molecule has 0 aromatic carbocycles. The van der Waals surface area contributed by atoms with Gasteiger partial charge in [0.05, 0.1) is 6.54 Å². The van der Waals surface area contributed by atoms with E-state index in [2.05, 4.69) is 15.2 Å².